The van der Waals surface area contributed by atoms with Crippen molar-refractivity contribution in [2.75, 3.05) is 18.6 Å². The topological polar surface area (TPSA) is 47.4 Å². The molecule has 0 saturated heterocycles. The minimum Gasteiger partial charge on any atom is -0.495 e. The molecule has 32 heavy (non-hydrogen) atoms. The third-order valence-corrected chi connectivity index (χ3v) is 5.84. The smallest absolute Gasteiger partial charge is 0.258 e. The van der Waals surface area contributed by atoms with Crippen molar-refractivity contribution in [3.8, 4) is 22.6 Å². The lowest BCUT2D eigenvalue weighted by atomic mass is 9.97. The zero-order chi connectivity index (χ0) is 22.2. The molecule has 0 radical (unpaired) electrons. The molecule has 0 N–H and O–H groups in total. The molecule has 0 fully saturated rings. The molecule has 4 aromatic rings. The summed E-state index contributed by atoms with van der Waals surface area (Å²) in [6.45, 7) is 2.54. The van der Waals surface area contributed by atoms with Gasteiger partial charge in [0.05, 0.1) is 24.8 Å². The van der Waals surface area contributed by atoms with Crippen molar-refractivity contribution in [1.82, 2.24) is 9.55 Å². The number of carbonyl (C=O) groups is 1. The number of imidazole rings is 1. The van der Waals surface area contributed by atoms with Gasteiger partial charge in [0.25, 0.3) is 5.91 Å². The number of benzene rings is 3. The van der Waals surface area contributed by atoms with Crippen molar-refractivity contribution in [3.63, 3.8) is 0 Å². The molecule has 0 aliphatic carbocycles. The second-order valence-electron chi connectivity index (χ2n) is 7.83. The number of aromatic nitrogens is 2. The Hall–Kier alpha value is -3.93. The first-order valence-electron chi connectivity index (χ1n) is 10.4. The van der Waals surface area contributed by atoms with Crippen molar-refractivity contribution in [1.29, 1.82) is 0 Å². The molecule has 2 heterocycles. The second-order valence-corrected chi connectivity index (χ2v) is 7.83. The number of methoxy groups -OCH3 is 1. The van der Waals surface area contributed by atoms with Crippen molar-refractivity contribution in [3.05, 3.63) is 95.8 Å². The number of ether oxygens (including phenoxy) is 1. The van der Waals surface area contributed by atoms with Crippen LogP contribution in [0.5, 0.6) is 5.75 Å². The van der Waals surface area contributed by atoms with Crippen LogP contribution in [-0.4, -0.2) is 29.1 Å². The van der Waals surface area contributed by atoms with Crippen LogP contribution in [0.1, 0.15) is 21.6 Å². The Bertz CT molecular complexity index is 1310. The first kappa shape index (κ1) is 20.0. The Labute approximate surface area is 185 Å². The van der Waals surface area contributed by atoms with Crippen molar-refractivity contribution < 1.29 is 13.9 Å². The highest BCUT2D eigenvalue weighted by Crippen LogP contribution is 2.39. The van der Waals surface area contributed by atoms with Gasteiger partial charge in [0, 0.05) is 24.0 Å². The van der Waals surface area contributed by atoms with E-state index in [1.807, 2.05) is 42.0 Å². The van der Waals surface area contributed by atoms with Crippen LogP contribution in [0.25, 0.3) is 16.8 Å². The van der Waals surface area contributed by atoms with E-state index >= 15 is 0 Å². The number of hydrogen-bond donors (Lipinski definition) is 0. The third kappa shape index (κ3) is 3.43. The lowest BCUT2D eigenvalue weighted by Gasteiger charge is -2.18. The lowest BCUT2D eigenvalue weighted by Crippen LogP contribution is -2.28. The first-order chi connectivity index (χ1) is 15.5. The molecule has 3 aromatic carbocycles. The van der Waals surface area contributed by atoms with E-state index in [1.165, 1.54) is 24.3 Å². The molecule has 6 heteroatoms. The summed E-state index contributed by atoms with van der Waals surface area (Å²) in [4.78, 5) is 19.1. The van der Waals surface area contributed by atoms with Crippen LogP contribution in [0.2, 0.25) is 0 Å². The number of amides is 1. The van der Waals surface area contributed by atoms with Crippen LogP contribution in [0.4, 0.5) is 10.1 Å². The van der Waals surface area contributed by atoms with E-state index in [0.29, 0.717) is 12.1 Å². The Morgan fingerprint density at radius 1 is 1.06 bits per heavy atom. The molecule has 1 amide bonds. The number of aryl methyl sites for hydroxylation is 1. The summed E-state index contributed by atoms with van der Waals surface area (Å²) in [6, 6.07) is 17.8. The van der Waals surface area contributed by atoms with Gasteiger partial charge < -0.3 is 14.2 Å². The maximum absolute atomic E-state index is 13.3. The van der Waals surface area contributed by atoms with Gasteiger partial charge in [-0.05, 0) is 72.5 Å². The average molecular weight is 427 g/mol. The molecule has 0 spiro atoms. The third-order valence-electron chi connectivity index (χ3n) is 5.84. The number of hydrogen-bond acceptors (Lipinski definition) is 3. The predicted octanol–water partition coefficient (Wildman–Crippen LogP) is 5.20. The van der Waals surface area contributed by atoms with Gasteiger partial charge in [-0.1, -0.05) is 18.2 Å². The first-order valence-corrected chi connectivity index (χ1v) is 10.4. The molecule has 1 aliphatic rings. The van der Waals surface area contributed by atoms with E-state index in [0.717, 1.165) is 45.9 Å². The van der Waals surface area contributed by atoms with Gasteiger partial charge in [-0.2, -0.15) is 0 Å². The molecule has 0 unspecified atom stereocenters. The van der Waals surface area contributed by atoms with E-state index in [1.54, 1.807) is 18.3 Å². The predicted molar refractivity (Wildman–Crippen MR) is 122 cm³/mol. The Kier molecular flexibility index (Phi) is 4.98. The van der Waals surface area contributed by atoms with Gasteiger partial charge >= 0.3 is 0 Å². The van der Waals surface area contributed by atoms with E-state index in [9.17, 15) is 9.18 Å². The van der Waals surface area contributed by atoms with Gasteiger partial charge in [0.2, 0.25) is 0 Å². The SMILES string of the molecule is COc1cc(-c2cccc3c2CCN3C(=O)c2ccc(F)cc2)ccc1-n1cnc(C)c1. The summed E-state index contributed by atoms with van der Waals surface area (Å²) in [6.07, 6.45) is 4.48. The second kappa shape index (κ2) is 7.96. The highest BCUT2D eigenvalue weighted by molar-refractivity contribution is 6.07. The molecular formula is C26H22FN3O2. The summed E-state index contributed by atoms with van der Waals surface area (Å²) in [5, 5.41) is 0. The summed E-state index contributed by atoms with van der Waals surface area (Å²) in [5.74, 6) is 0.271. The molecule has 0 atom stereocenters. The quantitative estimate of drug-likeness (QED) is 0.450. The molecule has 0 saturated carbocycles. The lowest BCUT2D eigenvalue weighted by molar-refractivity contribution is 0.0989. The number of halogens is 1. The van der Waals surface area contributed by atoms with Crippen LogP contribution in [0.3, 0.4) is 0 Å². The molecule has 1 aliphatic heterocycles. The highest BCUT2D eigenvalue weighted by Gasteiger charge is 2.27. The number of anilines is 1. The summed E-state index contributed by atoms with van der Waals surface area (Å²) < 4.78 is 20.9. The van der Waals surface area contributed by atoms with Gasteiger partial charge in [0.1, 0.15) is 11.6 Å². The van der Waals surface area contributed by atoms with E-state index in [4.69, 9.17) is 4.74 Å². The average Bonchev–Trinajstić information content (AvgIpc) is 3.45. The maximum atomic E-state index is 13.3. The van der Waals surface area contributed by atoms with Crippen molar-refractivity contribution in [2.24, 2.45) is 0 Å². The zero-order valence-corrected chi connectivity index (χ0v) is 17.9. The Morgan fingerprint density at radius 3 is 2.59 bits per heavy atom. The minimum absolute atomic E-state index is 0.121. The van der Waals surface area contributed by atoms with Crippen LogP contribution in [0.15, 0.2) is 73.2 Å². The van der Waals surface area contributed by atoms with Gasteiger partial charge in [-0.3, -0.25) is 4.79 Å². The van der Waals surface area contributed by atoms with Crippen LogP contribution < -0.4 is 9.64 Å². The summed E-state index contributed by atoms with van der Waals surface area (Å²) >= 11 is 0. The van der Waals surface area contributed by atoms with Crippen molar-refractivity contribution >= 4 is 11.6 Å². The largest absolute Gasteiger partial charge is 0.495 e. The van der Waals surface area contributed by atoms with E-state index in [-0.39, 0.29) is 11.7 Å². The number of nitrogens with zero attached hydrogens (tertiary/aromatic N) is 3. The standard InChI is InChI=1S/C26H22FN3O2/c1-17-15-29(16-28-17)24-11-8-19(14-25(24)32-2)21-4-3-5-23-22(21)12-13-30(23)26(31)18-6-9-20(27)10-7-18/h3-11,14-16H,12-13H2,1-2H3. The number of rotatable bonds is 4. The van der Waals surface area contributed by atoms with Crippen LogP contribution in [0, 0.1) is 12.7 Å². The highest BCUT2D eigenvalue weighted by atomic mass is 19.1. The van der Waals surface area contributed by atoms with Gasteiger partial charge in [-0.25, -0.2) is 9.37 Å². The fraction of sp³-hybridized carbons (Fsp3) is 0.154. The molecule has 5 nitrogen and oxygen atoms in total. The van der Waals surface area contributed by atoms with Crippen LogP contribution in [-0.2, 0) is 6.42 Å². The monoisotopic (exact) mass is 427 g/mol. The molecule has 1 aromatic heterocycles. The van der Waals surface area contributed by atoms with Gasteiger partial charge in [-0.15, -0.1) is 0 Å². The van der Waals surface area contributed by atoms with Crippen LogP contribution >= 0.6 is 0 Å². The summed E-state index contributed by atoms with van der Waals surface area (Å²) in [5.41, 5.74) is 6.44. The molecule has 5 rings (SSSR count). The molecule has 160 valence electrons. The molecular weight excluding hydrogens is 405 g/mol. The van der Waals surface area contributed by atoms with E-state index in [2.05, 4.69) is 17.1 Å². The van der Waals surface area contributed by atoms with Crippen molar-refractivity contribution in [2.45, 2.75) is 13.3 Å². The van der Waals surface area contributed by atoms with E-state index < -0.39 is 0 Å². The van der Waals surface area contributed by atoms with Gasteiger partial charge in [0.15, 0.2) is 0 Å². The number of fused-ring (bicyclic) bond motifs is 1. The normalized spacial score (nSPS) is 12.7. The maximum Gasteiger partial charge on any atom is 0.258 e. The number of carbonyl (C=O) groups excluding carboxylic acids is 1. The summed E-state index contributed by atoms with van der Waals surface area (Å²) in [7, 11) is 1.66. The minimum atomic E-state index is -0.353. The fourth-order valence-corrected chi connectivity index (χ4v) is 4.28. The zero-order valence-electron chi connectivity index (χ0n) is 17.9. The Morgan fingerprint density at radius 2 is 1.88 bits per heavy atom. The molecule has 0 bridgehead atoms. The Balaban J connectivity index is 1.51. The fourth-order valence-electron chi connectivity index (χ4n) is 4.28.